The van der Waals surface area contributed by atoms with Crippen LogP contribution < -0.4 is 11.5 Å². The third-order valence-corrected chi connectivity index (χ3v) is 1.51. The molecular formula is C8H9FN2O. The fraction of sp³-hybridized carbons (Fsp3) is 0.125. The Morgan fingerprint density at radius 1 is 1.50 bits per heavy atom. The van der Waals surface area contributed by atoms with E-state index in [1.807, 2.05) is 0 Å². The number of halogens is 1. The van der Waals surface area contributed by atoms with Crippen LogP contribution in [-0.2, 0) is 11.2 Å². The molecule has 4 N–H and O–H groups in total. The van der Waals surface area contributed by atoms with E-state index in [9.17, 15) is 9.18 Å². The highest BCUT2D eigenvalue weighted by Crippen LogP contribution is 2.15. The standard InChI is InChI=1S/C8H9FN2O/c9-6-3-1-2-5(8(6)11)4-7(10)12/h1-3H,4,11H2,(H2,10,12). The number of carbonyl (C=O) groups excluding carboxylic acids is 1. The Labute approximate surface area is 69.2 Å². The van der Waals surface area contributed by atoms with Gasteiger partial charge in [-0.1, -0.05) is 12.1 Å². The molecule has 0 aromatic heterocycles. The summed E-state index contributed by atoms with van der Waals surface area (Å²) in [7, 11) is 0. The van der Waals surface area contributed by atoms with Gasteiger partial charge in [0.25, 0.3) is 0 Å². The lowest BCUT2D eigenvalue weighted by atomic mass is 10.1. The average Bonchev–Trinajstić information content (AvgIpc) is 1.98. The van der Waals surface area contributed by atoms with Crippen molar-refractivity contribution in [2.45, 2.75) is 6.42 Å². The van der Waals surface area contributed by atoms with Crippen LogP contribution in [0.3, 0.4) is 0 Å². The first-order chi connectivity index (χ1) is 5.61. The normalized spacial score (nSPS) is 9.75. The second kappa shape index (κ2) is 3.21. The van der Waals surface area contributed by atoms with E-state index in [-0.39, 0.29) is 12.1 Å². The predicted octanol–water partition coefficient (Wildman–Crippen LogP) is 0.436. The van der Waals surface area contributed by atoms with E-state index < -0.39 is 11.7 Å². The van der Waals surface area contributed by atoms with Crippen molar-refractivity contribution in [2.24, 2.45) is 5.73 Å². The molecule has 0 unspecified atom stereocenters. The number of anilines is 1. The summed E-state index contributed by atoms with van der Waals surface area (Å²) < 4.78 is 12.8. The Morgan fingerprint density at radius 3 is 2.75 bits per heavy atom. The van der Waals surface area contributed by atoms with Crippen LogP contribution in [0.1, 0.15) is 5.56 Å². The molecule has 0 bridgehead atoms. The Balaban J connectivity index is 3.00. The Kier molecular flexibility index (Phi) is 2.28. The Morgan fingerprint density at radius 2 is 2.17 bits per heavy atom. The van der Waals surface area contributed by atoms with Gasteiger partial charge in [-0.3, -0.25) is 4.79 Å². The lowest BCUT2D eigenvalue weighted by Crippen LogP contribution is -2.15. The van der Waals surface area contributed by atoms with Gasteiger partial charge in [0.2, 0.25) is 5.91 Å². The molecule has 1 amide bonds. The fourth-order valence-electron chi connectivity index (χ4n) is 0.924. The number of hydrogen-bond donors (Lipinski definition) is 2. The van der Waals surface area contributed by atoms with E-state index in [0.29, 0.717) is 5.56 Å². The van der Waals surface area contributed by atoms with E-state index in [0.717, 1.165) is 0 Å². The maximum Gasteiger partial charge on any atom is 0.221 e. The molecule has 64 valence electrons. The number of primary amides is 1. The minimum atomic E-state index is -0.521. The summed E-state index contributed by atoms with van der Waals surface area (Å²) in [4.78, 5) is 10.5. The molecule has 3 nitrogen and oxygen atoms in total. The number of benzene rings is 1. The summed E-state index contributed by atoms with van der Waals surface area (Å²) in [6, 6.07) is 4.30. The second-order valence-electron chi connectivity index (χ2n) is 2.46. The molecule has 1 rings (SSSR count). The van der Waals surface area contributed by atoms with E-state index >= 15 is 0 Å². The predicted molar refractivity (Wildman–Crippen MR) is 43.7 cm³/mol. The number of para-hydroxylation sites is 1. The van der Waals surface area contributed by atoms with Gasteiger partial charge in [0.05, 0.1) is 12.1 Å². The SMILES string of the molecule is NC(=O)Cc1cccc(F)c1N. The van der Waals surface area contributed by atoms with Gasteiger partial charge in [0.15, 0.2) is 0 Å². The maximum atomic E-state index is 12.8. The maximum absolute atomic E-state index is 12.8. The molecule has 0 heterocycles. The molecule has 0 spiro atoms. The number of amides is 1. The van der Waals surface area contributed by atoms with Crippen molar-refractivity contribution in [3.8, 4) is 0 Å². The van der Waals surface area contributed by atoms with Crippen LogP contribution in [0.5, 0.6) is 0 Å². The summed E-state index contributed by atoms with van der Waals surface area (Å²) in [5, 5.41) is 0. The molecular weight excluding hydrogens is 159 g/mol. The van der Waals surface area contributed by atoms with Crippen LogP contribution in [0.25, 0.3) is 0 Å². The monoisotopic (exact) mass is 168 g/mol. The summed E-state index contributed by atoms with van der Waals surface area (Å²) in [5.74, 6) is -1.04. The van der Waals surface area contributed by atoms with Gasteiger partial charge in [-0.05, 0) is 11.6 Å². The van der Waals surface area contributed by atoms with Crippen LogP contribution in [0.15, 0.2) is 18.2 Å². The highest BCUT2D eigenvalue weighted by molar-refractivity contribution is 5.78. The Bertz CT molecular complexity index is 312. The lowest BCUT2D eigenvalue weighted by molar-refractivity contribution is -0.117. The summed E-state index contributed by atoms with van der Waals surface area (Å²) in [6.45, 7) is 0. The third kappa shape index (κ3) is 1.72. The highest BCUT2D eigenvalue weighted by Gasteiger charge is 2.05. The quantitative estimate of drug-likeness (QED) is 0.629. The molecule has 0 fully saturated rings. The van der Waals surface area contributed by atoms with Crippen LogP contribution in [-0.4, -0.2) is 5.91 Å². The van der Waals surface area contributed by atoms with Crippen LogP contribution >= 0.6 is 0 Å². The molecule has 1 aromatic carbocycles. The average molecular weight is 168 g/mol. The molecule has 0 aliphatic carbocycles. The molecule has 0 saturated heterocycles. The number of carbonyl (C=O) groups is 1. The summed E-state index contributed by atoms with van der Waals surface area (Å²) in [6.07, 6.45) is -0.0242. The van der Waals surface area contributed by atoms with E-state index in [1.54, 1.807) is 6.07 Å². The van der Waals surface area contributed by atoms with Crippen molar-refractivity contribution in [1.82, 2.24) is 0 Å². The molecule has 0 aliphatic rings. The van der Waals surface area contributed by atoms with E-state index in [4.69, 9.17) is 11.5 Å². The van der Waals surface area contributed by atoms with Gasteiger partial charge in [0, 0.05) is 0 Å². The zero-order valence-electron chi connectivity index (χ0n) is 6.38. The molecule has 4 heteroatoms. The fourth-order valence-corrected chi connectivity index (χ4v) is 0.924. The van der Waals surface area contributed by atoms with Gasteiger partial charge < -0.3 is 11.5 Å². The number of nitrogens with two attached hydrogens (primary N) is 2. The first-order valence-electron chi connectivity index (χ1n) is 3.42. The minimum absolute atomic E-state index is 0.00343. The molecule has 0 saturated carbocycles. The number of nitrogen functional groups attached to an aromatic ring is 1. The minimum Gasteiger partial charge on any atom is -0.396 e. The second-order valence-corrected chi connectivity index (χ2v) is 2.46. The Hall–Kier alpha value is -1.58. The van der Waals surface area contributed by atoms with Crippen molar-refractivity contribution in [3.05, 3.63) is 29.6 Å². The zero-order valence-corrected chi connectivity index (χ0v) is 6.38. The van der Waals surface area contributed by atoms with Gasteiger partial charge >= 0.3 is 0 Å². The van der Waals surface area contributed by atoms with Gasteiger partial charge in [0.1, 0.15) is 5.82 Å². The molecule has 0 radical (unpaired) electrons. The van der Waals surface area contributed by atoms with Gasteiger partial charge in [-0.25, -0.2) is 4.39 Å². The van der Waals surface area contributed by atoms with Crippen molar-refractivity contribution < 1.29 is 9.18 Å². The molecule has 12 heavy (non-hydrogen) atoms. The highest BCUT2D eigenvalue weighted by atomic mass is 19.1. The van der Waals surface area contributed by atoms with E-state index in [2.05, 4.69) is 0 Å². The van der Waals surface area contributed by atoms with Crippen molar-refractivity contribution >= 4 is 11.6 Å². The first kappa shape index (κ1) is 8.52. The largest absolute Gasteiger partial charge is 0.396 e. The third-order valence-electron chi connectivity index (χ3n) is 1.51. The van der Waals surface area contributed by atoms with Gasteiger partial charge in [-0.2, -0.15) is 0 Å². The molecule has 0 aliphatic heterocycles. The number of rotatable bonds is 2. The number of hydrogen-bond acceptors (Lipinski definition) is 2. The van der Waals surface area contributed by atoms with Crippen molar-refractivity contribution in [2.75, 3.05) is 5.73 Å². The molecule has 0 atom stereocenters. The summed E-state index contributed by atoms with van der Waals surface area (Å²) >= 11 is 0. The van der Waals surface area contributed by atoms with Crippen LogP contribution in [0.4, 0.5) is 10.1 Å². The summed E-state index contributed by atoms with van der Waals surface area (Å²) in [5.41, 5.74) is 10.7. The first-order valence-corrected chi connectivity index (χ1v) is 3.42. The molecule has 1 aromatic rings. The van der Waals surface area contributed by atoms with Crippen molar-refractivity contribution in [1.29, 1.82) is 0 Å². The zero-order chi connectivity index (χ0) is 9.14. The smallest absolute Gasteiger partial charge is 0.221 e. The topological polar surface area (TPSA) is 69.1 Å². The van der Waals surface area contributed by atoms with E-state index in [1.165, 1.54) is 12.1 Å². The van der Waals surface area contributed by atoms with Crippen molar-refractivity contribution in [3.63, 3.8) is 0 Å². The van der Waals surface area contributed by atoms with Crippen LogP contribution in [0.2, 0.25) is 0 Å². The van der Waals surface area contributed by atoms with Gasteiger partial charge in [-0.15, -0.1) is 0 Å². The van der Waals surface area contributed by atoms with Crippen LogP contribution in [0, 0.1) is 5.82 Å². The lowest BCUT2D eigenvalue weighted by Gasteiger charge is -2.02.